The van der Waals surface area contributed by atoms with Gasteiger partial charge in [0, 0.05) is 25.9 Å². The lowest BCUT2D eigenvalue weighted by Crippen LogP contribution is -2.51. The average Bonchev–Trinajstić information content (AvgIpc) is 3.28. The average molecular weight is 515 g/mol. The summed E-state index contributed by atoms with van der Waals surface area (Å²) in [6.45, 7) is 14.4. The zero-order chi connectivity index (χ0) is 26.8. The van der Waals surface area contributed by atoms with Gasteiger partial charge in [0.2, 0.25) is 0 Å². The molecule has 4 rings (SSSR count). The Hall–Kier alpha value is -1.62. The number of aliphatic hydroxyl groups excluding tert-OH is 2. The van der Waals surface area contributed by atoms with Crippen LogP contribution in [-0.2, 0) is 18.9 Å². The van der Waals surface area contributed by atoms with Crippen molar-refractivity contribution in [3.63, 3.8) is 0 Å². The highest BCUT2D eigenvalue weighted by molar-refractivity contribution is 5.68. The molecule has 2 amide bonds. The minimum atomic E-state index is -0.474. The Balaban J connectivity index is 0.000000201. The molecule has 4 aliphatic rings. The van der Waals surface area contributed by atoms with Crippen LogP contribution in [0.25, 0.3) is 0 Å². The van der Waals surface area contributed by atoms with E-state index in [1.165, 1.54) is 0 Å². The SMILES string of the molecule is CC(C)(C)OC(=O)N1CCC[C@@]2(C[C@@H](O)CO2)C1.CC(C)(C)OC(=O)N1CCC[C@]2(C[C@H](O)CO2)C1. The first-order valence-corrected chi connectivity index (χ1v) is 13.2. The van der Waals surface area contributed by atoms with Gasteiger partial charge in [-0.15, -0.1) is 0 Å². The fourth-order valence-electron chi connectivity index (χ4n) is 5.37. The molecule has 4 aliphatic heterocycles. The van der Waals surface area contributed by atoms with Crippen LogP contribution < -0.4 is 0 Å². The molecule has 4 heterocycles. The van der Waals surface area contributed by atoms with E-state index in [2.05, 4.69) is 0 Å². The molecule has 4 atom stereocenters. The van der Waals surface area contributed by atoms with Gasteiger partial charge in [0.05, 0.1) is 49.7 Å². The summed E-state index contributed by atoms with van der Waals surface area (Å²) in [5, 5.41) is 19.2. The summed E-state index contributed by atoms with van der Waals surface area (Å²) in [7, 11) is 0. The number of rotatable bonds is 0. The molecule has 0 aliphatic carbocycles. The molecule has 36 heavy (non-hydrogen) atoms. The molecule has 0 bridgehead atoms. The molecular formula is C26H46N2O8. The van der Waals surface area contributed by atoms with Crippen LogP contribution >= 0.6 is 0 Å². The number of hydrogen-bond acceptors (Lipinski definition) is 8. The summed E-state index contributed by atoms with van der Waals surface area (Å²) in [5.74, 6) is 0. The maximum absolute atomic E-state index is 12.0. The third kappa shape index (κ3) is 8.19. The predicted octanol–water partition coefficient (Wildman–Crippen LogP) is 3.07. The summed E-state index contributed by atoms with van der Waals surface area (Å²) < 4.78 is 22.2. The van der Waals surface area contributed by atoms with Gasteiger partial charge in [0.25, 0.3) is 0 Å². The maximum atomic E-state index is 12.0. The lowest BCUT2D eigenvalue weighted by Gasteiger charge is -2.39. The normalized spacial score (nSPS) is 32.9. The summed E-state index contributed by atoms with van der Waals surface area (Å²) >= 11 is 0. The molecule has 4 fully saturated rings. The summed E-state index contributed by atoms with van der Waals surface area (Å²) in [6.07, 6.45) is 3.47. The standard InChI is InChI=1S/2C13H23NO4/c2*1-12(2,3)18-11(16)14-6-4-5-13(9-14)7-10(15)8-17-13/h2*10,15H,4-9H2,1-3H3/t2*10-,13-/m10/s1. The second-order valence-electron chi connectivity index (χ2n) is 12.7. The molecule has 2 N–H and O–H groups in total. The van der Waals surface area contributed by atoms with E-state index in [1.54, 1.807) is 9.80 Å². The number of piperidine rings is 2. The molecule has 0 unspecified atom stereocenters. The number of ether oxygens (including phenoxy) is 4. The smallest absolute Gasteiger partial charge is 0.410 e. The van der Waals surface area contributed by atoms with Crippen molar-refractivity contribution >= 4 is 12.2 Å². The van der Waals surface area contributed by atoms with Gasteiger partial charge in [-0.25, -0.2) is 9.59 Å². The zero-order valence-corrected chi connectivity index (χ0v) is 22.9. The Morgan fingerprint density at radius 3 is 1.39 bits per heavy atom. The molecule has 2 spiro atoms. The maximum Gasteiger partial charge on any atom is 0.410 e. The van der Waals surface area contributed by atoms with Crippen molar-refractivity contribution in [1.29, 1.82) is 0 Å². The first-order valence-electron chi connectivity index (χ1n) is 13.2. The summed E-state index contributed by atoms with van der Waals surface area (Å²) in [5.41, 5.74) is -1.65. The van der Waals surface area contributed by atoms with E-state index in [0.29, 0.717) is 52.2 Å². The number of nitrogens with zero attached hydrogens (tertiary/aromatic N) is 2. The molecule has 10 heteroatoms. The fourth-order valence-corrected chi connectivity index (χ4v) is 5.37. The van der Waals surface area contributed by atoms with Crippen LogP contribution in [0.4, 0.5) is 9.59 Å². The summed E-state index contributed by atoms with van der Waals surface area (Å²) in [6, 6.07) is 0. The Bertz CT molecular complexity index is 707. The largest absolute Gasteiger partial charge is 0.444 e. The Labute approximate surface area is 215 Å². The van der Waals surface area contributed by atoms with E-state index < -0.39 is 23.4 Å². The van der Waals surface area contributed by atoms with Gasteiger partial charge in [0.1, 0.15) is 11.2 Å². The minimum absolute atomic E-state index is 0.286. The predicted molar refractivity (Wildman–Crippen MR) is 133 cm³/mol. The zero-order valence-electron chi connectivity index (χ0n) is 22.9. The van der Waals surface area contributed by atoms with Gasteiger partial charge in [-0.3, -0.25) is 0 Å². The van der Waals surface area contributed by atoms with Crippen molar-refractivity contribution in [2.75, 3.05) is 39.4 Å². The highest BCUT2D eigenvalue weighted by Crippen LogP contribution is 2.36. The van der Waals surface area contributed by atoms with Crippen molar-refractivity contribution in [3.05, 3.63) is 0 Å². The third-order valence-electron chi connectivity index (χ3n) is 6.76. The second kappa shape index (κ2) is 11.0. The first-order chi connectivity index (χ1) is 16.6. The quantitative estimate of drug-likeness (QED) is 0.506. The monoisotopic (exact) mass is 514 g/mol. The van der Waals surface area contributed by atoms with E-state index >= 15 is 0 Å². The molecular weight excluding hydrogens is 468 g/mol. The molecule has 0 aromatic rings. The summed E-state index contributed by atoms with van der Waals surface area (Å²) in [4.78, 5) is 27.4. The van der Waals surface area contributed by atoms with E-state index in [1.807, 2.05) is 41.5 Å². The van der Waals surface area contributed by atoms with Gasteiger partial charge < -0.3 is 39.0 Å². The van der Waals surface area contributed by atoms with E-state index in [9.17, 15) is 19.8 Å². The highest BCUT2D eigenvalue weighted by atomic mass is 16.6. The minimum Gasteiger partial charge on any atom is -0.444 e. The Kier molecular flexibility index (Phi) is 8.85. The second-order valence-corrected chi connectivity index (χ2v) is 12.7. The van der Waals surface area contributed by atoms with E-state index in [-0.39, 0.29) is 23.4 Å². The number of aliphatic hydroxyl groups is 2. The lowest BCUT2D eigenvalue weighted by atomic mass is 9.89. The Morgan fingerprint density at radius 1 is 0.750 bits per heavy atom. The molecule has 0 aromatic heterocycles. The number of carbonyl (C=O) groups is 2. The van der Waals surface area contributed by atoms with Crippen LogP contribution in [0.2, 0.25) is 0 Å². The molecule has 0 aromatic carbocycles. The van der Waals surface area contributed by atoms with Gasteiger partial charge in [-0.2, -0.15) is 0 Å². The van der Waals surface area contributed by atoms with Crippen LogP contribution in [-0.4, -0.2) is 106 Å². The van der Waals surface area contributed by atoms with Crippen molar-refractivity contribution < 1.29 is 38.7 Å². The van der Waals surface area contributed by atoms with Crippen LogP contribution in [0.15, 0.2) is 0 Å². The van der Waals surface area contributed by atoms with Crippen molar-refractivity contribution in [2.45, 2.75) is 115 Å². The molecule has 0 saturated carbocycles. The highest BCUT2D eigenvalue weighted by Gasteiger charge is 2.46. The first kappa shape index (κ1) is 28.9. The lowest BCUT2D eigenvalue weighted by molar-refractivity contribution is -0.0580. The van der Waals surface area contributed by atoms with Crippen LogP contribution in [0, 0.1) is 0 Å². The number of amides is 2. The third-order valence-corrected chi connectivity index (χ3v) is 6.76. The van der Waals surface area contributed by atoms with Crippen molar-refractivity contribution in [2.24, 2.45) is 0 Å². The number of likely N-dealkylation sites (tertiary alicyclic amines) is 2. The van der Waals surface area contributed by atoms with Gasteiger partial charge in [-0.05, 0) is 67.2 Å². The number of carbonyl (C=O) groups excluding carboxylic acids is 2. The molecule has 0 radical (unpaired) electrons. The van der Waals surface area contributed by atoms with Gasteiger partial charge >= 0.3 is 12.2 Å². The molecule has 10 nitrogen and oxygen atoms in total. The van der Waals surface area contributed by atoms with Gasteiger partial charge in [0.15, 0.2) is 0 Å². The fraction of sp³-hybridized carbons (Fsp3) is 0.923. The van der Waals surface area contributed by atoms with Crippen LogP contribution in [0.3, 0.4) is 0 Å². The Morgan fingerprint density at radius 2 is 1.11 bits per heavy atom. The van der Waals surface area contributed by atoms with E-state index in [0.717, 1.165) is 25.7 Å². The molecule has 208 valence electrons. The molecule has 4 saturated heterocycles. The van der Waals surface area contributed by atoms with Crippen molar-refractivity contribution in [3.8, 4) is 0 Å². The van der Waals surface area contributed by atoms with Gasteiger partial charge in [-0.1, -0.05) is 0 Å². The van der Waals surface area contributed by atoms with Crippen LogP contribution in [0.1, 0.15) is 80.1 Å². The number of hydrogen-bond donors (Lipinski definition) is 2. The van der Waals surface area contributed by atoms with E-state index in [4.69, 9.17) is 18.9 Å². The van der Waals surface area contributed by atoms with Crippen molar-refractivity contribution in [1.82, 2.24) is 9.80 Å². The van der Waals surface area contributed by atoms with Crippen LogP contribution in [0.5, 0.6) is 0 Å². The topological polar surface area (TPSA) is 118 Å².